The van der Waals surface area contributed by atoms with E-state index in [2.05, 4.69) is 32.3 Å². The van der Waals surface area contributed by atoms with Gasteiger partial charge in [-0.05, 0) is 30.5 Å². The molecule has 0 atom stereocenters. The largest absolute Gasteiger partial charge is 0.497 e. The molecule has 2 fully saturated rings. The van der Waals surface area contributed by atoms with E-state index in [-0.39, 0.29) is 5.60 Å². The second-order valence-corrected chi connectivity index (χ2v) is 8.27. The van der Waals surface area contributed by atoms with E-state index in [9.17, 15) is 0 Å². The van der Waals surface area contributed by atoms with Crippen LogP contribution in [0.25, 0.3) is 0 Å². The molecule has 6 heteroatoms. The number of morpholine rings is 1. The van der Waals surface area contributed by atoms with E-state index >= 15 is 0 Å². The maximum Gasteiger partial charge on any atom is 0.118 e. The van der Waals surface area contributed by atoms with Crippen molar-refractivity contribution in [1.82, 2.24) is 14.8 Å². The molecule has 3 heterocycles. The number of methoxy groups -OCH3 is 1. The molecule has 1 aromatic heterocycles. The molecule has 2 aliphatic rings. The predicted molar refractivity (Wildman–Crippen MR) is 104 cm³/mol. The molecule has 2 saturated heterocycles. The number of aromatic nitrogens is 1. The van der Waals surface area contributed by atoms with E-state index in [1.807, 2.05) is 18.3 Å². The lowest BCUT2D eigenvalue weighted by molar-refractivity contribution is -0.138. The zero-order valence-electron chi connectivity index (χ0n) is 15.4. The zero-order valence-corrected chi connectivity index (χ0v) is 16.2. The Morgan fingerprint density at radius 2 is 1.92 bits per heavy atom. The van der Waals surface area contributed by atoms with Crippen LogP contribution in [0, 0.1) is 0 Å². The van der Waals surface area contributed by atoms with E-state index < -0.39 is 0 Å². The summed E-state index contributed by atoms with van der Waals surface area (Å²) >= 11 is 1.75. The lowest BCUT2D eigenvalue weighted by Crippen LogP contribution is -2.56. The first-order valence-corrected chi connectivity index (χ1v) is 10.2. The minimum Gasteiger partial charge on any atom is -0.497 e. The van der Waals surface area contributed by atoms with Crippen molar-refractivity contribution in [2.45, 2.75) is 31.5 Å². The van der Waals surface area contributed by atoms with Crippen LogP contribution in [-0.2, 0) is 17.8 Å². The van der Waals surface area contributed by atoms with Gasteiger partial charge in [-0.1, -0.05) is 12.1 Å². The SMILES string of the molecule is COc1ccc(CN2CCC3(CC2)CN(Cc2nccs2)CCO3)cc1. The first kappa shape index (κ1) is 17.9. The first-order valence-electron chi connectivity index (χ1n) is 9.35. The number of hydrogen-bond acceptors (Lipinski definition) is 6. The zero-order chi connectivity index (χ0) is 17.8. The Hall–Kier alpha value is -1.47. The van der Waals surface area contributed by atoms with Crippen molar-refractivity contribution < 1.29 is 9.47 Å². The molecule has 0 radical (unpaired) electrons. The van der Waals surface area contributed by atoms with Crippen LogP contribution >= 0.6 is 11.3 Å². The van der Waals surface area contributed by atoms with Crippen LogP contribution in [-0.4, -0.2) is 60.3 Å². The Balaban J connectivity index is 1.30. The lowest BCUT2D eigenvalue weighted by Gasteiger charge is -2.47. The number of benzene rings is 1. The van der Waals surface area contributed by atoms with Gasteiger partial charge < -0.3 is 9.47 Å². The van der Waals surface area contributed by atoms with Crippen LogP contribution in [0.3, 0.4) is 0 Å². The molecule has 2 aliphatic heterocycles. The summed E-state index contributed by atoms with van der Waals surface area (Å²) in [5.74, 6) is 0.919. The molecule has 0 N–H and O–H groups in total. The first-order chi connectivity index (χ1) is 12.7. The van der Waals surface area contributed by atoms with Gasteiger partial charge in [0.1, 0.15) is 10.8 Å². The predicted octanol–water partition coefficient (Wildman–Crippen LogP) is 3.02. The second kappa shape index (κ2) is 8.05. The summed E-state index contributed by atoms with van der Waals surface area (Å²) in [5, 5.41) is 3.27. The van der Waals surface area contributed by atoms with E-state index in [1.54, 1.807) is 18.4 Å². The lowest BCUT2D eigenvalue weighted by atomic mass is 9.89. The van der Waals surface area contributed by atoms with Crippen molar-refractivity contribution in [3.05, 3.63) is 46.4 Å². The van der Waals surface area contributed by atoms with Gasteiger partial charge in [-0.3, -0.25) is 9.80 Å². The van der Waals surface area contributed by atoms with Gasteiger partial charge in [0.25, 0.3) is 0 Å². The van der Waals surface area contributed by atoms with Crippen LogP contribution < -0.4 is 4.74 Å². The highest BCUT2D eigenvalue weighted by Gasteiger charge is 2.39. The normalized spacial score (nSPS) is 21.1. The molecule has 0 aliphatic carbocycles. The number of thiazole rings is 1. The molecule has 0 unspecified atom stereocenters. The highest BCUT2D eigenvalue weighted by atomic mass is 32.1. The molecular formula is C20H27N3O2S. The smallest absolute Gasteiger partial charge is 0.118 e. The minimum absolute atomic E-state index is 0.0336. The Labute approximate surface area is 159 Å². The van der Waals surface area contributed by atoms with Crippen molar-refractivity contribution in [2.24, 2.45) is 0 Å². The number of ether oxygens (including phenoxy) is 2. The van der Waals surface area contributed by atoms with E-state index in [1.165, 1.54) is 10.6 Å². The van der Waals surface area contributed by atoms with Gasteiger partial charge in [-0.15, -0.1) is 11.3 Å². The molecule has 0 amide bonds. The molecule has 5 nitrogen and oxygen atoms in total. The van der Waals surface area contributed by atoms with Crippen LogP contribution in [0.4, 0.5) is 0 Å². The van der Waals surface area contributed by atoms with Crippen LogP contribution in [0.2, 0.25) is 0 Å². The van der Waals surface area contributed by atoms with Crippen molar-refractivity contribution in [2.75, 3.05) is 39.9 Å². The molecule has 0 saturated carbocycles. The summed E-state index contributed by atoms with van der Waals surface area (Å²) in [7, 11) is 1.71. The fourth-order valence-electron chi connectivity index (χ4n) is 3.99. The maximum absolute atomic E-state index is 6.28. The third-order valence-electron chi connectivity index (χ3n) is 5.50. The monoisotopic (exact) mass is 373 g/mol. The Kier molecular flexibility index (Phi) is 5.55. The molecule has 2 aromatic rings. The molecule has 140 valence electrons. The number of piperidine rings is 1. The van der Waals surface area contributed by atoms with E-state index in [0.717, 1.165) is 64.5 Å². The van der Waals surface area contributed by atoms with E-state index in [4.69, 9.17) is 9.47 Å². The quantitative estimate of drug-likeness (QED) is 0.805. The van der Waals surface area contributed by atoms with Gasteiger partial charge in [-0.25, -0.2) is 4.98 Å². The molecule has 26 heavy (non-hydrogen) atoms. The van der Waals surface area contributed by atoms with Gasteiger partial charge in [-0.2, -0.15) is 0 Å². The van der Waals surface area contributed by atoms with Gasteiger partial charge in [0.2, 0.25) is 0 Å². The highest BCUT2D eigenvalue weighted by molar-refractivity contribution is 7.09. The third-order valence-corrected chi connectivity index (χ3v) is 6.27. The standard InChI is InChI=1S/C20H27N3O2S/c1-24-18-4-2-17(3-5-18)14-22-9-6-20(7-10-22)16-23(11-12-25-20)15-19-21-8-13-26-19/h2-5,8,13H,6-7,9-12,14-16H2,1H3. The third kappa shape index (κ3) is 4.26. The summed E-state index contributed by atoms with van der Waals surface area (Å²) in [5.41, 5.74) is 1.38. The Morgan fingerprint density at radius 3 is 2.62 bits per heavy atom. The highest BCUT2D eigenvalue weighted by Crippen LogP contribution is 2.31. The minimum atomic E-state index is 0.0336. The van der Waals surface area contributed by atoms with Crippen LogP contribution in [0.5, 0.6) is 5.75 Å². The Bertz CT molecular complexity index is 682. The fraction of sp³-hybridized carbons (Fsp3) is 0.550. The molecule has 4 rings (SSSR count). The second-order valence-electron chi connectivity index (χ2n) is 7.29. The summed E-state index contributed by atoms with van der Waals surface area (Å²) in [6.45, 7) is 7.03. The molecular weight excluding hydrogens is 346 g/mol. The summed E-state index contributed by atoms with van der Waals surface area (Å²) in [6, 6.07) is 8.41. The van der Waals surface area contributed by atoms with Gasteiger partial charge >= 0.3 is 0 Å². The number of likely N-dealkylation sites (tertiary alicyclic amines) is 1. The maximum atomic E-state index is 6.28. The van der Waals surface area contributed by atoms with Crippen molar-refractivity contribution in [1.29, 1.82) is 0 Å². The van der Waals surface area contributed by atoms with Gasteiger partial charge in [0.05, 0.1) is 25.9 Å². The topological polar surface area (TPSA) is 37.8 Å². The fourth-order valence-corrected chi connectivity index (χ4v) is 4.65. The van der Waals surface area contributed by atoms with Gasteiger partial charge in [0.15, 0.2) is 0 Å². The summed E-state index contributed by atoms with van der Waals surface area (Å²) < 4.78 is 11.5. The average Bonchev–Trinajstić information content (AvgIpc) is 3.18. The van der Waals surface area contributed by atoms with E-state index in [0.29, 0.717) is 0 Å². The average molecular weight is 374 g/mol. The summed E-state index contributed by atoms with van der Waals surface area (Å²) in [4.78, 5) is 9.49. The van der Waals surface area contributed by atoms with Crippen LogP contribution in [0.15, 0.2) is 35.8 Å². The molecule has 1 aromatic carbocycles. The summed E-state index contributed by atoms with van der Waals surface area (Å²) in [6.07, 6.45) is 4.11. The van der Waals surface area contributed by atoms with Gasteiger partial charge in [0, 0.05) is 44.3 Å². The van der Waals surface area contributed by atoms with Crippen LogP contribution in [0.1, 0.15) is 23.4 Å². The number of rotatable bonds is 5. The van der Waals surface area contributed by atoms with Crippen molar-refractivity contribution >= 4 is 11.3 Å². The number of hydrogen-bond donors (Lipinski definition) is 0. The Morgan fingerprint density at radius 1 is 1.12 bits per heavy atom. The van der Waals surface area contributed by atoms with Crippen molar-refractivity contribution in [3.8, 4) is 5.75 Å². The number of nitrogens with zero attached hydrogens (tertiary/aromatic N) is 3. The molecule has 0 bridgehead atoms. The molecule has 1 spiro atoms. The van der Waals surface area contributed by atoms with Crippen molar-refractivity contribution in [3.63, 3.8) is 0 Å².